The number of fused-ring (bicyclic) bond motifs is 1. The average Bonchev–Trinajstić information content (AvgIpc) is 3.14. The smallest absolute Gasteiger partial charge is 0.337 e. The number of thiazole rings is 1. The van der Waals surface area contributed by atoms with Gasteiger partial charge >= 0.3 is 11.9 Å². The van der Waals surface area contributed by atoms with Crippen LogP contribution in [0.3, 0.4) is 0 Å². The number of benzene rings is 2. The zero-order valence-electron chi connectivity index (χ0n) is 16.3. The summed E-state index contributed by atoms with van der Waals surface area (Å²) in [5.41, 5.74) is 4.99. The molecule has 7 nitrogen and oxygen atoms in total. The maximum atomic E-state index is 12.1. The molecule has 2 N–H and O–H groups in total. The number of rotatable bonds is 9. The minimum absolute atomic E-state index is 0.391. The lowest BCUT2D eigenvalue weighted by Crippen LogP contribution is -2.45. The molecule has 0 spiro atoms. The van der Waals surface area contributed by atoms with Gasteiger partial charge in [0.05, 0.1) is 28.6 Å². The van der Waals surface area contributed by atoms with E-state index in [1.54, 1.807) is 41.0 Å². The van der Waals surface area contributed by atoms with E-state index in [1.807, 2.05) is 24.5 Å². The highest BCUT2D eigenvalue weighted by molar-refractivity contribution is 9.10. The lowest BCUT2D eigenvalue weighted by molar-refractivity contribution is -0.138. The van der Waals surface area contributed by atoms with Crippen LogP contribution in [-0.2, 0) is 9.53 Å². The van der Waals surface area contributed by atoms with Crippen molar-refractivity contribution in [2.45, 2.75) is 12.5 Å². The Hall–Kier alpha value is -2.30. The van der Waals surface area contributed by atoms with Gasteiger partial charge in [-0.15, -0.1) is 0 Å². The predicted molar refractivity (Wildman–Crippen MR) is 126 cm³/mol. The summed E-state index contributed by atoms with van der Waals surface area (Å²) in [4.78, 5) is 28.4. The standard InChI is InChI=1S/C20H20BrN3O4S2/c1-28-19(27)12-3-6-14(7-4-12)24(16(18(25)26)9-10-29-2)23-20-22-15-11-13(21)5-8-17(15)30-20/h3-8,11,16H,9-10H2,1-2H3,(H,22,23)(H,25,26)/t16-/m0/s1. The van der Waals surface area contributed by atoms with E-state index in [9.17, 15) is 14.7 Å². The number of anilines is 2. The Morgan fingerprint density at radius 2 is 2.03 bits per heavy atom. The number of nitrogens with zero attached hydrogens (tertiary/aromatic N) is 2. The number of hydrogen-bond acceptors (Lipinski definition) is 8. The van der Waals surface area contributed by atoms with Gasteiger partial charge in [-0.1, -0.05) is 27.3 Å². The maximum absolute atomic E-state index is 12.1. The number of carboxylic acids is 1. The molecule has 3 aromatic rings. The first kappa shape index (κ1) is 22.4. The number of methoxy groups -OCH3 is 1. The van der Waals surface area contributed by atoms with Crippen molar-refractivity contribution < 1.29 is 19.4 Å². The first-order chi connectivity index (χ1) is 14.4. The number of hydrogen-bond donors (Lipinski definition) is 2. The number of ether oxygens (including phenoxy) is 1. The van der Waals surface area contributed by atoms with Crippen LogP contribution >= 0.6 is 39.0 Å². The number of halogens is 1. The highest BCUT2D eigenvalue weighted by Gasteiger charge is 2.27. The second-order valence-corrected chi connectivity index (χ2v) is 9.22. The van der Waals surface area contributed by atoms with Crippen molar-refractivity contribution in [2.75, 3.05) is 29.6 Å². The summed E-state index contributed by atoms with van der Waals surface area (Å²) in [6.45, 7) is 0. The van der Waals surface area contributed by atoms with E-state index < -0.39 is 18.0 Å². The van der Waals surface area contributed by atoms with Gasteiger partial charge in [-0.3, -0.25) is 10.4 Å². The minimum Gasteiger partial charge on any atom is -0.480 e. The van der Waals surface area contributed by atoms with Crippen molar-refractivity contribution in [1.29, 1.82) is 0 Å². The zero-order valence-corrected chi connectivity index (χ0v) is 19.5. The Morgan fingerprint density at radius 1 is 1.30 bits per heavy atom. The fourth-order valence-electron chi connectivity index (χ4n) is 2.84. The number of carboxylic acid groups (broad SMARTS) is 1. The second-order valence-electron chi connectivity index (χ2n) is 6.29. The van der Waals surface area contributed by atoms with E-state index in [2.05, 4.69) is 26.3 Å². The third kappa shape index (κ3) is 5.24. The molecule has 0 saturated heterocycles. The van der Waals surface area contributed by atoms with Crippen LogP contribution in [0.1, 0.15) is 16.8 Å². The molecule has 1 heterocycles. The summed E-state index contributed by atoms with van der Waals surface area (Å²) in [5, 5.41) is 12.0. The Balaban J connectivity index is 1.97. The zero-order chi connectivity index (χ0) is 21.7. The maximum Gasteiger partial charge on any atom is 0.337 e. The molecule has 2 aromatic carbocycles. The molecule has 3 rings (SSSR count). The molecule has 1 atom stereocenters. The van der Waals surface area contributed by atoms with Crippen LogP contribution in [0.25, 0.3) is 10.2 Å². The number of hydrazine groups is 1. The van der Waals surface area contributed by atoms with Gasteiger partial charge in [0.15, 0.2) is 0 Å². The topological polar surface area (TPSA) is 91.8 Å². The van der Waals surface area contributed by atoms with Crippen molar-refractivity contribution in [2.24, 2.45) is 0 Å². The van der Waals surface area contributed by atoms with Crippen LogP contribution in [0.15, 0.2) is 46.9 Å². The minimum atomic E-state index is -0.947. The number of carbonyl (C=O) groups is 2. The summed E-state index contributed by atoms with van der Waals surface area (Å²) in [6, 6.07) is 11.6. The van der Waals surface area contributed by atoms with Gasteiger partial charge in [0.2, 0.25) is 5.13 Å². The van der Waals surface area contributed by atoms with Crippen LogP contribution in [0, 0.1) is 0 Å². The molecule has 10 heteroatoms. The number of esters is 1. The second kappa shape index (κ2) is 10.1. The van der Waals surface area contributed by atoms with Gasteiger partial charge in [0, 0.05) is 4.47 Å². The average molecular weight is 510 g/mol. The third-order valence-corrected chi connectivity index (χ3v) is 6.40. The van der Waals surface area contributed by atoms with Gasteiger partial charge in [-0.25, -0.2) is 14.6 Å². The Kier molecular flexibility index (Phi) is 7.57. The highest BCUT2D eigenvalue weighted by atomic mass is 79.9. The lowest BCUT2D eigenvalue weighted by atomic mass is 10.1. The van der Waals surface area contributed by atoms with Gasteiger partial charge in [-0.05, 0) is 60.9 Å². The van der Waals surface area contributed by atoms with Gasteiger partial charge in [0.1, 0.15) is 6.04 Å². The lowest BCUT2D eigenvalue weighted by Gasteiger charge is -2.31. The molecule has 0 aliphatic carbocycles. The van der Waals surface area contributed by atoms with Crippen LogP contribution in [-0.4, -0.2) is 47.2 Å². The van der Waals surface area contributed by atoms with Crippen molar-refractivity contribution in [3.8, 4) is 0 Å². The molecule has 0 radical (unpaired) electrons. The van der Waals surface area contributed by atoms with E-state index in [4.69, 9.17) is 4.74 Å². The molecule has 0 bridgehead atoms. The first-order valence-corrected chi connectivity index (χ1v) is 12.0. The fraction of sp³-hybridized carbons (Fsp3) is 0.250. The van der Waals surface area contributed by atoms with Crippen LogP contribution in [0.2, 0.25) is 0 Å². The number of thioether (sulfide) groups is 1. The predicted octanol–water partition coefficient (Wildman–Crippen LogP) is 4.89. The molecule has 0 fully saturated rings. The molecule has 30 heavy (non-hydrogen) atoms. The van der Waals surface area contributed by atoms with E-state index in [1.165, 1.54) is 18.4 Å². The molecule has 0 unspecified atom stereocenters. The number of nitrogens with one attached hydrogen (secondary N) is 1. The van der Waals surface area contributed by atoms with E-state index >= 15 is 0 Å². The van der Waals surface area contributed by atoms with Gasteiger partial charge in [-0.2, -0.15) is 11.8 Å². The van der Waals surface area contributed by atoms with Gasteiger partial charge in [0.25, 0.3) is 0 Å². The summed E-state index contributed by atoms with van der Waals surface area (Å²) >= 11 is 6.46. The largest absolute Gasteiger partial charge is 0.480 e. The number of aromatic nitrogens is 1. The number of aliphatic carboxylic acids is 1. The fourth-order valence-corrected chi connectivity index (χ4v) is 4.49. The van der Waals surface area contributed by atoms with Gasteiger partial charge < -0.3 is 9.84 Å². The molecule has 0 saturated carbocycles. The summed E-state index contributed by atoms with van der Waals surface area (Å²) in [6.07, 6.45) is 2.37. The van der Waals surface area contributed by atoms with Crippen LogP contribution < -0.4 is 10.4 Å². The third-order valence-electron chi connectivity index (χ3n) is 4.32. The van der Waals surface area contributed by atoms with E-state index in [0.717, 1.165) is 14.7 Å². The molecule has 0 aliphatic heterocycles. The Labute approximate surface area is 190 Å². The summed E-state index contributed by atoms with van der Waals surface area (Å²) in [7, 11) is 1.32. The Morgan fingerprint density at radius 3 is 2.67 bits per heavy atom. The van der Waals surface area contributed by atoms with Crippen LogP contribution in [0.5, 0.6) is 0 Å². The first-order valence-electron chi connectivity index (χ1n) is 8.95. The quantitative estimate of drug-likeness (QED) is 0.311. The summed E-state index contributed by atoms with van der Waals surface area (Å²) < 4.78 is 6.64. The van der Waals surface area contributed by atoms with Crippen molar-refractivity contribution in [3.63, 3.8) is 0 Å². The monoisotopic (exact) mass is 509 g/mol. The normalized spacial score (nSPS) is 11.8. The molecule has 0 amide bonds. The van der Waals surface area contributed by atoms with Crippen molar-refractivity contribution in [1.82, 2.24) is 4.98 Å². The van der Waals surface area contributed by atoms with Crippen LogP contribution in [0.4, 0.5) is 10.8 Å². The summed E-state index contributed by atoms with van der Waals surface area (Å²) in [5.74, 6) is -0.713. The molecular formula is C20H20BrN3O4S2. The van der Waals surface area contributed by atoms with Crippen molar-refractivity contribution in [3.05, 3.63) is 52.5 Å². The molecule has 0 aliphatic rings. The highest BCUT2D eigenvalue weighted by Crippen LogP contribution is 2.30. The van der Waals surface area contributed by atoms with Crippen molar-refractivity contribution >= 4 is 72.0 Å². The molecule has 158 valence electrons. The molecular weight excluding hydrogens is 490 g/mol. The Bertz CT molecular complexity index is 1040. The molecule has 1 aromatic heterocycles. The SMILES string of the molecule is COC(=O)c1ccc(N(Nc2nc3cc(Br)ccc3s2)[C@@H](CCSC)C(=O)O)cc1. The van der Waals surface area contributed by atoms with E-state index in [0.29, 0.717) is 28.6 Å². The number of carbonyl (C=O) groups excluding carboxylic acids is 1. The van der Waals surface area contributed by atoms with E-state index in [-0.39, 0.29) is 0 Å².